The Labute approximate surface area is 131 Å². The van der Waals surface area contributed by atoms with Crippen LogP contribution in [0, 0.1) is 0 Å². The topological polar surface area (TPSA) is 64.4 Å². The van der Waals surface area contributed by atoms with Gasteiger partial charge in [-0.25, -0.2) is 13.4 Å². The number of fused-ring (bicyclic) bond motifs is 1. The largest absolute Gasteiger partial charge is 0.495 e. The number of hydrogen-bond acceptors (Lipinski definition) is 4. The molecule has 2 heterocycles. The van der Waals surface area contributed by atoms with Crippen LogP contribution >= 0.6 is 15.9 Å². The highest BCUT2D eigenvalue weighted by molar-refractivity contribution is 9.10. The fourth-order valence-electron chi connectivity index (χ4n) is 2.35. The summed E-state index contributed by atoms with van der Waals surface area (Å²) in [5.41, 5.74) is 0. The fourth-order valence-corrected chi connectivity index (χ4v) is 4.43. The molecule has 0 fully saturated rings. The lowest BCUT2D eigenvalue weighted by Crippen LogP contribution is -2.38. The van der Waals surface area contributed by atoms with Crippen LogP contribution in [-0.4, -0.2) is 35.9 Å². The number of rotatable bonds is 3. The molecule has 0 unspecified atom stereocenters. The maximum atomic E-state index is 12.8. The minimum Gasteiger partial charge on any atom is -0.495 e. The van der Waals surface area contributed by atoms with Crippen molar-refractivity contribution < 1.29 is 13.2 Å². The number of ether oxygens (including phenoxy) is 1. The SMILES string of the molecule is COc1ccc(Br)cc1S(=O)(=O)N1CCn2ccnc2C1. The molecule has 3 rings (SSSR count). The Balaban J connectivity index is 2.00. The second-order valence-electron chi connectivity index (χ2n) is 4.67. The zero-order valence-electron chi connectivity index (χ0n) is 11.4. The number of aromatic nitrogens is 2. The van der Waals surface area contributed by atoms with Gasteiger partial charge < -0.3 is 9.30 Å². The average Bonchev–Trinajstić information content (AvgIpc) is 2.94. The Morgan fingerprint density at radius 2 is 2.14 bits per heavy atom. The maximum Gasteiger partial charge on any atom is 0.247 e. The molecule has 21 heavy (non-hydrogen) atoms. The van der Waals surface area contributed by atoms with Crippen LogP contribution in [0.1, 0.15) is 5.82 Å². The van der Waals surface area contributed by atoms with Crippen LogP contribution in [0.2, 0.25) is 0 Å². The van der Waals surface area contributed by atoms with Crippen molar-refractivity contribution in [1.82, 2.24) is 13.9 Å². The van der Waals surface area contributed by atoms with E-state index in [9.17, 15) is 8.42 Å². The summed E-state index contributed by atoms with van der Waals surface area (Å²) in [5.74, 6) is 1.09. The molecule has 0 saturated heterocycles. The summed E-state index contributed by atoms with van der Waals surface area (Å²) >= 11 is 3.31. The summed E-state index contributed by atoms with van der Waals surface area (Å²) in [4.78, 5) is 4.36. The van der Waals surface area contributed by atoms with Gasteiger partial charge in [0.15, 0.2) is 0 Å². The second kappa shape index (κ2) is 5.43. The molecule has 0 atom stereocenters. The van der Waals surface area contributed by atoms with Crippen molar-refractivity contribution in [2.45, 2.75) is 18.0 Å². The highest BCUT2D eigenvalue weighted by Gasteiger charge is 2.31. The molecule has 0 aliphatic carbocycles. The normalized spacial score (nSPS) is 15.7. The standard InChI is InChI=1S/C13H14BrN3O3S/c1-20-11-3-2-10(14)8-12(11)21(18,19)17-7-6-16-5-4-15-13(16)9-17/h2-5,8H,6-7,9H2,1H3. The molecule has 2 aromatic rings. The molecule has 0 N–H and O–H groups in total. The number of halogens is 1. The van der Waals surface area contributed by atoms with Crippen LogP contribution in [0.3, 0.4) is 0 Å². The molecular weight excluding hydrogens is 358 g/mol. The second-order valence-corrected chi connectivity index (χ2v) is 7.49. The third-order valence-corrected chi connectivity index (χ3v) is 5.81. The lowest BCUT2D eigenvalue weighted by molar-refractivity contribution is 0.332. The third kappa shape index (κ3) is 2.58. The van der Waals surface area contributed by atoms with E-state index in [1.807, 2.05) is 10.8 Å². The van der Waals surface area contributed by atoms with Gasteiger partial charge in [-0.15, -0.1) is 0 Å². The first kappa shape index (κ1) is 14.6. The van der Waals surface area contributed by atoms with Gasteiger partial charge in [0.25, 0.3) is 0 Å². The zero-order chi connectivity index (χ0) is 15.0. The first-order valence-electron chi connectivity index (χ1n) is 6.36. The molecular formula is C13H14BrN3O3S. The molecule has 1 aromatic heterocycles. The molecule has 1 aliphatic heterocycles. The van der Waals surface area contributed by atoms with E-state index >= 15 is 0 Å². The Kier molecular flexibility index (Phi) is 3.76. The zero-order valence-corrected chi connectivity index (χ0v) is 13.8. The Bertz CT molecular complexity index is 773. The summed E-state index contributed by atoms with van der Waals surface area (Å²) in [6.45, 7) is 1.29. The molecule has 112 valence electrons. The van der Waals surface area contributed by atoms with Crippen LogP contribution in [0.15, 0.2) is 40.0 Å². The number of sulfonamides is 1. The smallest absolute Gasteiger partial charge is 0.247 e. The third-order valence-electron chi connectivity index (χ3n) is 3.45. The van der Waals surface area contributed by atoms with Crippen LogP contribution in [0.5, 0.6) is 5.75 Å². The van der Waals surface area contributed by atoms with Gasteiger partial charge in [-0.3, -0.25) is 0 Å². The van der Waals surface area contributed by atoms with Crippen LogP contribution in [-0.2, 0) is 23.1 Å². The maximum absolute atomic E-state index is 12.8. The number of nitrogens with zero attached hydrogens (tertiary/aromatic N) is 3. The van der Waals surface area contributed by atoms with Gasteiger partial charge in [0.05, 0.1) is 13.7 Å². The van der Waals surface area contributed by atoms with E-state index in [2.05, 4.69) is 20.9 Å². The minimum absolute atomic E-state index is 0.166. The van der Waals surface area contributed by atoms with Gasteiger partial charge in [0, 0.05) is 30.0 Å². The average molecular weight is 372 g/mol. The lowest BCUT2D eigenvalue weighted by atomic mass is 10.3. The van der Waals surface area contributed by atoms with E-state index in [0.29, 0.717) is 23.3 Å². The quantitative estimate of drug-likeness (QED) is 0.825. The van der Waals surface area contributed by atoms with Crippen LogP contribution < -0.4 is 4.74 Å². The van der Waals surface area contributed by atoms with Gasteiger partial charge in [0.2, 0.25) is 10.0 Å². The summed E-state index contributed by atoms with van der Waals surface area (Å²) in [5, 5.41) is 0. The van der Waals surface area contributed by atoms with Crippen molar-refractivity contribution in [2.75, 3.05) is 13.7 Å². The lowest BCUT2D eigenvalue weighted by Gasteiger charge is -2.27. The first-order valence-corrected chi connectivity index (χ1v) is 8.59. The van der Waals surface area contributed by atoms with Crippen molar-refractivity contribution in [3.05, 3.63) is 40.9 Å². The van der Waals surface area contributed by atoms with Crippen molar-refractivity contribution >= 4 is 26.0 Å². The molecule has 0 saturated carbocycles. The molecule has 0 radical (unpaired) electrons. The van der Waals surface area contributed by atoms with E-state index in [4.69, 9.17) is 4.74 Å². The molecule has 0 amide bonds. The van der Waals surface area contributed by atoms with Crippen LogP contribution in [0.25, 0.3) is 0 Å². The Hall–Kier alpha value is -1.38. The van der Waals surface area contributed by atoms with Gasteiger partial charge >= 0.3 is 0 Å². The highest BCUT2D eigenvalue weighted by Crippen LogP contribution is 2.31. The van der Waals surface area contributed by atoms with Crippen molar-refractivity contribution in [1.29, 1.82) is 0 Å². The number of imidazole rings is 1. The Morgan fingerprint density at radius 1 is 1.33 bits per heavy atom. The van der Waals surface area contributed by atoms with Gasteiger partial charge in [-0.2, -0.15) is 4.31 Å². The fraction of sp³-hybridized carbons (Fsp3) is 0.308. The summed E-state index contributed by atoms with van der Waals surface area (Å²) in [6, 6.07) is 4.96. The predicted octanol–water partition coefficient (Wildman–Crippen LogP) is 1.86. The predicted molar refractivity (Wildman–Crippen MR) is 80.5 cm³/mol. The van der Waals surface area contributed by atoms with Crippen molar-refractivity contribution in [3.8, 4) is 5.75 Å². The minimum atomic E-state index is -3.62. The van der Waals surface area contributed by atoms with E-state index in [0.717, 1.165) is 5.82 Å². The number of hydrogen-bond donors (Lipinski definition) is 0. The molecule has 1 aliphatic rings. The van der Waals surface area contributed by atoms with E-state index < -0.39 is 10.0 Å². The molecule has 0 spiro atoms. The molecule has 6 nitrogen and oxygen atoms in total. The van der Waals surface area contributed by atoms with Gasteiger partial charge in [0.1, 0.15) is 16.5 Å². The monoisotopic (exact) mass is 371 g/mol. The molecule has 0 bridgehead atoms. The van der Waals surface area contributed by atoms with Crippen LogP contribution in [0.4, 0.5) is 0 Å². The summed E-state index contributed by atoms with van der Waals surface area (Å²) < 4.78 is 34.9. The number of benzene rings is 1. The summed E-state index contributed by atoms with van der Waals surface area (Å²) in [7, 11) is -2.16. The van der Waals surface area contributed by atoms with E-state index in [-0.39, 0.29) is 11.4 Å². The molecule has 1 aromatic carbocycles. The Morgan fingerprint density at radius 3 is 2.90 bits per heavy atom. The van der Waals surface area contributed by atoms with Crippen molar-refractivity contribution in [3.63, 3.8) is 0 Å². The highest BCUT2D eigenvalue weighted by atomic mass is 79.9. The summed E-state index contributed by atoms with van der Waals surface area (Å²) in [6.07, 6.45) is 3.55. The van der Waals surface area contributed by atoms with E-state index in [1.165, 1.54) is 11.4 Å². The van der Waals surface area contributed by atoms with Gasteiger partial charge in [-0.05, 0) is 18.2 Å². The van der Waals surface area contributed by atoms with E-state index in [1.54, 1.807) is 24.4 Å². The van der Waals surface area contributed by atoms with Gasteiger partial charge in [-0.1, -0.05) is 15.9 Å². The van der Waals surface area contributed by atoms with Crippen molar-refractivity contribution in [2.24, 2.45) is 0 Å². The first-order chi connectivity index (χ1) is 10.0. The molecule has 8 heteroatoms. The number of methoxy groups -OCH3 is 1.